The minimum Gasteiger partial charge on any atom is -0.464 e. The summed E-state index contributed by atoms with van der Waals surface area (Å²) >= 11 is 0. The lowest BCUT2D eigenvalue weighted by Gasteiger charge is -2.41. The highest BCUT2D eigenvalue weighted by molar-refractivity contribution is 7.47. The first-order valence-corrected chi connectivity index (χ1v) is 34.8. The number of carbonyl (C=O) groups excluding carboxylic acids is 10. The second kappa shape index (κ2) is 38.8. The average Bonchev–Trinajstić information content (AvgIpc) is 1.41. The summed E-state index contributed by atoms with van der Waals surface area (Å²) in [5, 5.41) is 19.1. The quantitative estimate of drug-likeness (QED) is 0.0249. The molecule has 0 spiro atoms. The third kappa shape index (κ3) is 24.2. The topological polar surface area (TPSA) is 374 Å². The monoisotopic (exact) mass is 1370 g/mol. The second-order valence-electron chi connectivity index (χ2n) is 26.5. The van der Waals surface area contributed by atoms with Gasteiger partial charge in [-0.15, -0.1) is 0 Å². The van der Waals surface area contributed by atoms with Gasteiger partial charge in [0.1, 0.15) is 30.3 Å². The molecule has 10 amide bonds. The zero-order chi connectivity index (χ0) is 71.9. The molecule has 2 saturated heterocycles. The Hall–Kier alpha value is -7.07. The number of methoxy groups -OCH3 is 2. The van der Waals surface area contributed by atoms with Crippen molar-refractivity contribution < 1.29 is 80.7 Å². The number of rotatable bonds is 39. The average molecular weight is 1370 g/mol. The van der Waals surface area contributed by atoms with E-state index in [0.29, 0.717) is 43.4 Å². The molecule has 538 valence electrons. The zero-order valence-corrected chi connectivity index (χ0v) is 59.7. The van der Waals surface area contributed by atoms with E-state index in [1.54, 1.807) is 74.9 Å². The van der Waals surface area contributed by atoms with Crippen LogP contribution in [-0.4, -0.2) is 194 Å². The Kier molecular flexibility index (Phi) is 32.8. The lowest BCUT2D eigenvalue weighted by molar-refractivity contribution is -0.148. The molecule has 0 aromatic heterocycles. The number of benzene rings is 2. The van der Waals surface area contributed by atoms with Gasteiger partial charge in [-0.05, 0) is 93.6 Å². The van der Waals surface area contributed by atoms with Crippen LogP contribution in [0.5, 0.6) is 0 Å². The molecule has 2 heterocycles. The summed E-state index contributed by atoms with van der Waals surface area (Å²) in [7, 11) is 3.40. The van der Waals surface area contributed by atoms with Gasteiger partial charge in [-0.1, -0.05) is 118 Å². The highest BCUT2D eigenvalue weighted by atomic mass is 31.2. The van der Waals surface area contributed by atoms with E-state index in [4.69, 9.17) is 29.0 Å². The molecule has 0 bridgehead atoms. The molecule has 0 radical (unpaired) electrons. The number of phosphoric acid groups is 1. The molecule has 2 aromatic rings. The SMILES string of the molecule is CC[C@H](C)[C@@H]([C@@H](CC(=O)N1CCC[C@H]1[C@H](OC)[C@@H](C)C(=O)N[C@H](C)[C@@H](OP(=O)(O)OCc1ccc(NC(=O)[C@H](CCCNC(N)=O)NC(=O)[C@@H](NC(=O)[C@@H](C)CC(=O)N[C@H]2CCOC2=O)C(C)C)cc1)c1ccccc1)OC)N(C)C(=O)[C@@H](NC(=O)[C@H](C(C)C)N(C)C)C(C)C. The third-order valence-corrected chi connectivity index (χ3v) is 18.8. The Morgan fingerprint density at radius 2 is 1.40 bits per heavy atom. The van der Waals surface area contributed by atoms with E-state index >= 15 is 0 Å². The van der Waals surface area contributed by atoms with Gasteiger partial charge in [0, 0.05) is 58.8 Å². The van der Waals surface area contributed by atoms with Gasteiger partial charge in [0.05, 0.1) is 61.9 Å². The molecule has 0 saturated carbocycles. The van der Waals surface area contributed by atoms with Crippen molar-refractivity contribution in [2.24, 2.45) is 41.2 Å². The van der Waals surface area contributed by atoms with Crippen LogP contribution in [0.3, 0.4) is 0 Å². The number of amides is 10. The van der Waals surface area contributed by atoms with Gasteiger partial charge in [0.25, 0.3) is 0 Å². The smallest absolute Gasteiger partial charge is 0.464 e. The summed E-state index contributed by atoms with van der Waals surface area (Å²) in [4.78, 5) is 150. The Labute approximate surface area is 566 Å². The van der Waals surface area contributed by atoms with Gasteiger partial charge in [-0.25, -0.2) is 14.2 Å². The van der Waals surface area contributed by atoms with Crippen LogP contribution in [0.25, 0.3) is 0 Å². The fraction of sp³-hybridized carbons (Fsp3) is 0.672. The van der Waals surface area contributed by atoms with Crippen LogP contribution in [0, 0.1) is 35.5 Å². The van der Waals surface area contributed by atoms with Crippen molar-refractivity contribution in [3.8, 4) is 0 Å². The van der Waals surface area contributed by atoms with E-state index in [1.807, 2.05) is 60.5 Å². The number of carbonyl (C=O) groups is 10. The molecule has 1 unspecified atom stereocenters. The van der Waals surface area contributed by atoms with E-state index < -0.39 is 140 Å². The van der Waals surface area contributed by atoms with Crippen molar-refractivity contribution in [3.05, 3.63) is 65.7 Å². The molecule has 2 aliphatic rings. The summed E-state index contributed by atoms with van der Waals surface area (Å²) < 4.78 is 42.3. The predicted molar refractivity (Wildman–Crippen MR) is 360 cm³/mol. The molecule has 28 nitrogen and oxygen atoms in total. The van der Waals surface area contributed by atoms with Crippen LogP contribution >= 0.6 is 7.82 Å². The van der Waals surface area contributed by atoms with Crippen LogP contribution < -0.4 is 43.0 Å². The first-order valence-electron chi connectivity index (χ1n) is 33.3. The van der Waals surface area contributed by atoms with Crippen molar-refractivity contribution in [1.82, 2.24) is 46.6 Å². The molecule has 2 aliphatic heterocycles. The van der Waals surface area contributed by atoms with Crippen molar-refractivity contribution in [2.45, 2.75) is 201 Å². The second-order valence-corrected chi connectivity index (χ2v) is 27.9. The van der Waals surface area contributed by atoms with Gasteiger partial charge in [0.15, 0.2) is 0 Å². The predicted octanol–water partition coefficient (Wildman–Crippen LogP) is 4.68. The molecule has 2 aromatic carbocycles. The number of urea groups is 1. The number of ether oxygens (including phenoxy) is 3. The number of phosphoric ester groups is 1. The maximum Gasteiger partial charge on any atom is 0.473 e. The molecule has 4 rings (SSSR count). The first-order chi connectivity index (χ1) is 45.2. The number of hydrogen-bond acceptors (Lipinski definition) is 17. The van der Waals surface area contributed by atoms with E-state index in [-0.39, 0.29) is 80.0 Å². The van der Waals surface area contributed by atoms with Crippen LogP contribution in [0.1, 0.15) is 145 Å². The zero-order valence-electron chi connectivity index (χ0n) is 58.8. The number of nitrogens with one attached hydrogen (secondary N) is 7. The lowest BCUT2D eigenvalue weighted by atomic mass is 9.89. The standard InChI is InChI=1S/C67H108N11O17P/c1-17-41(8)57(77(14)65(86)55(39(4)5)75-64(85)56(40(6)7)76(12)13)51(91-15)36-53(80)78-33-22-26-50(78)58(92-16)43(10)61(82)70-44(11)59(46-23-19-18-20-24-46)95-96(89,90)94-37-45-27-29-47(30-28-45)71-62(83)48(25-21-32-69-67(68)88)73-63(84)54(38(2)3)74-60(81)42(9)35-52(79)72-49-31-34-93-66(49)87/h18-20,23-24,27-30,38-44,48-51,54-59H,17,21-22,25-26,31-37H2,1-16H3,(H,70,82)(H,71,83)(H,72,79)(H,73,84)(H,74,81)(H,75,85)(H,89,90)(H3,68,69,88)/t41-,42-,43+,44+,48-,49-,50-,51+,54-,55-,56-,57-,58+,59+/m0/s1. The summed E-state index contributed by atoms with van der Waals surface area (Å²) in [6.45, 7) is 20.0. The Bertz CT molecular complexity index is 2950. The molecule has 29 heteroatoms. The fourth-order valence-corrected chi connectivity index (χ4v) is 13.3. The van der Waals surface area contributed by atoms with Gasteiger partial charge in [-0.2, -0.15) is 0 Å². The molecular weight excluding hydrogens is 1260 g/mol. The third-order valence-electron chi connectivity index (χ3n) is 17.8. The number of likely N-dealkylation sites (tertiary alicyclic amines) is 1. The number of anilines is 1. The van der Waals surface area contributed by atoms with E-state index in [1.165, 1.54) is 45.4 Å². The van der Waals surface area contributed by atoms with Crippen LogP contribution in [-0.2, 0) is 77.6 Å². The van der Waals surface area contributed by atoms with E-state index in [2.05, 4.69) is 37.2 Å². The molecule has 96 heavy (non-hydrogen) atoms. The summed E-state index contributed by atoms with van der Waals surface area (Å²) in [5.74, 6) is -6.96. The van der Waals surface area contributed by atoms with Crippen LogP contribution in [0.4, 0.5) is 10.5 Å². The minimum absolute atomic E-state index is 0.0148. The highest BCUT2D eigenvalue weighted by Crippen LogP contribution is 2.49. The lowest BCUT2D eigenvalue weighted by Crippen LogP contribution is -2.59. The number of nitrogens with two attached hydrogens (primary N) is 1. The number of primary amides is 1. The Balaban J connectivity index is 1.43. The first kappa shape index (κ1) is 81.4. The van der Waals surface area contributed by atoms with Gasteiger partial charge in [0.2, 0.25) is 47.3 Å². The van der Waals surface area contributed by atoms with Crippen molar-refractivity contribution in [2.75, 3.05) is 60.4 Å². The number of esters is 1. The largest absolute Gasteiger partial charge is 0.473 e. The molecule has 15 atom stereocenters. The van der Waals surface area contributed by atoms with Crippen molar-refractivity contribution in [1.29, 1.82) is 0 Å². The van der Waals surface area contributed by atoms with Gasteiger partial charge >= 0.3 is 19.8 Å². The van der Waals surface area contributed by atoms with Crippen molar-refractivity contribution in [3.63, 3.8) is 0 Å². The highest BCUT2D eigenvalue weighted by Gasteiger charge is 2.44. The maximum absolute atomic E-state index is 14.6. The van der Waals surface area contributed by atoms with Crippen molar-refractivity contribution >= 4 is 72.8 Å². The maximum atomic E-state index is 14.6. The number of cyclic esters (lactones) is 1. The fourth-order valence-electron chi connectivity index (χ4n) is 12.3. The molecule has 10 N–H and O–H groups in total. The van der Waals surface area contributed by atoms with E-state index in [9.17, 15) is 57.4 Å². The Morgan fingerprint density at radius 3 is 1.95 bits per heavy atom. The molecule has 0 aliphatic carbocycles. The van der Waals surface area contributed by atoms with E-state index in [0.717, 1.165) is 0 Å². The summed E-state index contributed by atoms with van der Waals surface area (Å²) in [6.07, 6.45) is -0.759. The summed E-state index contributed by atoms with van der Waals surface area (Å²) in [5.41, 5.74) is 6.34. The normalized spacial score (nSPS) is 19.2. The van der Waals surface area contributed by atoms with Crippen LogP contribution in [0.15, 0.2) is 54.6 Å². The molecular formula is C67H108N11O17P. The van der Waals surface area contributed by atoms with Gasteiger partial charge in [-0.3, -0.25) is 52.3 Å². The number of nitrogens with zero attached hydrogens (tertiary/aromatic N) is 3. The van der Waals surface area contributed by atoms with Crippen LogP contribution in [0.2, 0.25) is 0 Å². The molecule has 2 fully saturated rings. The number of hydrogen-bond donors (Lipinski definition) is 9. The van der Waals surface area contributed by atoms with Gasteiger partial charge < -0.3 is 71.9 Å². The minimum atomic E-state index is -4.93. The number of likely N-dealkylation sites (N-methyl/N-ethyl adjacent to an activating group) is 2. The summed E-state index contributed by atoms with van der Waals surface area (Å²) in [6, 6.07) is 7.32. The Morgan fingerprint density at radius 1 is 0.760 bits per heavy atom.